The molecule has 0 radical (unpaired) electrons. The Kier molecular flexibility index (Phi) is 2.98. The van der Waals surface area contributed by atoms with Gasteiger partial charge in [0.05, 0.1) is 17.6 Å². The molecule has 92 valence electrons. The SMILES string of the molecule is Cc1cc(Cn2c(=S)[nH]c3cc(I)ccc32)no1. The molecule has 3 aromatic rings. The summed E-state index contributed by atoms with van der Waals surface area (Å²) < 4.78 is 8.98. The van der Waals surface area contributed by atoms with Crippen LogP contribution in [-0.2, 0) is 6.54 Å². The summed E-state index contributed by atoms with van der Waals surface area (Å²) in [5.41, 5.74) is 3.01. The first-order valence-corrected chi connectivity index (χ1v) is 6.92. The van der Waals surface area contributed by atoms with Gasteiger partial charge in [0.15, 0.2) is 4.77 Å². The van der Waals surface area contributed by atoms with Crippen LogP contribution in [0.2, 0.25) is 0 Å². The molecule has 0 saturated heterocycles. The fourth-order valence-electron chi connectivity index (χ4n) is 1.95. The molecule has 0 bridgehead atoms. The molecule has 0 atom stereocenters. The maximum atomic E-state index is 5.35. The van der Waals surface area contributed by atoms with Crippen LogP contribution in [0.15, 0.2) is 28.8 Å². The summed E-state index contributed by atoms with van der Waals surface area (Å²) in [6, 6.07) is 8.13. The van der Waals surface area contributed by atoms with Gasteiger partial charge in [0.1, 0.15) is 11.5 Å². The first-order chi connectivity index (χ1) is 8.63. The molecule has 0 saturated carbocycles. The summed E-state index contributed by atoms with van der Waals surface area (Å²) in [6.07, 6.45) is 0. The number of aromatic amines is 1. The largest absolute Gasteiger partial charge is 0.361 e. The molecule has 0 aliphatic heterocycles. The molecule has 0 aliphatic carbocycles. The Morgan fingerprint density at radius 2 is 2.28 bits per heavy atom. The molecular weight excluding hydrogens is 361 g/mol. The van der Waals surface area contributed by atoms with E-state index in [0.29, 0.717) is 11.3 Å². The predicted molar refractivity (Wildman–Crippen MR) is 80.2 cm³/mol. The van der Waals surface area contributed by atoms with Crippen LogP contribution in [0.5, 0.6) is 0 Å². The van der Waals surface area contributed by atoms with Gasteiger partial charge in [-0.15, -0.1) is 0 Å². The maximum Gasteiger partial charge on any atom is 0.178 e. The number of benzene rings is 1. The fourth-order valence-corrected chi connectivity index (χ4v) is 2.71. The average Bonchev–Trinajstić information content (AvgIpc) is 2.84. The zero-order valence-electron chi connectivity index (χ0n) is 9.61. The van der Waals surface area contributed by atoms with E-state index in [1.54, 1.807) is 0 Å². The van der Waals surface area contributed by atoms with Gasteiger partial charge < -0.3 is 14.1 Å². The van der Waals surface area contributed by atoms with Crippen LogP contribution in [0, 0.1) is 15.3 Å². The quantitative estimate of drug-likeness (QED) is 0.553. The van der Waals surface area contributed by atoms with Gasteiger partial charge in [0.2, 0.25) is 0 Å². The third kappa shape index (κ3) is 2.10. The normalized spacial score (nSPS) is 11.2. The molecule has 0 spiro atoms. The van der Waals surface area contributed by atoms with Crippen LogP contribution >= 0.6 is 34.8 Å². The number of nitrogens with one attached hydrogen (secondary N) is 1. The maximum absolute atomic E-state index is 5.35. The number of aromatic nitrogens is 3. The fraction of sp³-hybridized carbons (Fsp3) is 0.167. The summed E-state index contributed by atoms with van der Waals surface area (Å²) in [7, 11) is 0. The molecule has 18 heavy (non-hydrogen) atoms. The van der Waals surface area contributed by atoms with Gasteiger partial charge in [-0.3, -0.25) is 0 Å². The second kappa shape index (κ2) is 4.51. The lowest BCUT2D eigenvalue weighted by Crippen LogP contribution is -1.99. The third-order valence-corrected chi connectivity index (χ3v) is 3.73. The minimum absolute atomic E-state index is 0.622. The molecule has 3 rings (SSSR count). The van der Waals surface area contributed by atoms with Gasteiger partial charge in [-0.1, -0.05) is 5.16 Å². The van der Waals surface area contributed by atoms with Crippen LogP contribution in [0.3, 0.4) is 0 Å². The van der Waals surface area contributed by atoms with Gasteiger partial charge in [0, 0.05) is 9.64 Å². The number of fused-ring (bicyclic) bond motifs is 1. The lowest BCUT2D eigenvalue weighted by atomic mass is 10.3. The minimum Gasteiger partial charge on any atom is -0.361 e. The highest BCUT2D eigenvalue weighted by Gasteiger charge is 2.07. The van der Waals surface area contributed by atoms with Crippen LogP contribution in [0.1, 0.15) is 11.5 Å². The second-order valence-electron chi connectivity index (χ2n) is 4.11. The number of imidazole rings is 1. The number of aryl methyl sites for hydroxylation is 1. The summed E-state index contributed by atoms with van der Waals surface area (Å²) in [5, 5.41) is 4.00. The number of halogens is 1. The van der Waals surface area contributed by atoms with Crippen molar-refractivity contribution in [2.75, 3.05) is 0 Å². The highest BCUT2D eigenvalue weighted by molar-refractivity contribution is 14.1. The van der Waals surface area contributed by atoms with Crippen molar-refractivity contribution in [3.63, 3.8) is 0 Å². The second-order valence-corrected chi connectivity index (χ2v) is 5.74. The summed E-state index contributed by atoms with van der Waals surface area (Å²) in [4.78, 5) is 3.21. The Morgan fingerprint density at radius 1 is 1.44 bits per heavy atom. The predicted octanol–water partition coefficient (Wildman–Crippen LogP) is 3.65. The van der Waals surface area contributed by atoms with Crippen molar-refractivity contribution in [1.82, 2.24) is 14.7 Å². The molecule has 0 unspecified atom stereocenters. The van der Waals surface area contributed by atoms with E-state index in [1.165, 1.54) is 3.57 Å². The Bertz CT molecular complexity index is 771. The zero-order chi connectivity index (χ0) is 12.7. The molecule has 6 heteroatoms. The Morgan fingerprint density at radius 3 is 3.00 bits per heavy atom. The highest BCUT2D eigenvalue weighted by Crippen LogP contribution is 2.18. The highest BCUT2D eigenvalue weighted by atomic mass is 127. The van der Waals surface area contributed by atoms with Crippen molar-refractivity contribution < 1.29 is 4.52 Å². The van der Waals surface area contributed by atoms with Gasteiger partial charge in [-0.25, -0.2) is 0 Å². The molecule has 0 aliphatic rings. The topological polar surface area (TPSA) is 46.8 Å². The van der Waals surface area contributed by atoms with E-state index in [4.69, 9.17) is 16.7 Å². The summed E-state index contributed by atoms with van der Waals surface area (Å²) >= 11 is 7.63. The molecule has 2 heterocycles. The summed E-state index contributed by atoms with van der Waals surface area (Å²) in [5.74, 6) is 0.811. The smallest absolute Gasteiger partial charge is 0.178 e. The van der Waals surface area contributed by atoms with Gasteiger partial charge in [-0.2, -0.15) is 0 Å². The Labute approximate surface area is 122 Å². The van der Waals surface area contributed by atoms with Gasteiger partial charge in [0.25, 0.3) is 0 Å². The molecule has 2 aromatic heterocycles. The Hall–Kier alpha value is -1.15. The molecular formula is C12H10IN3OS. The molecule has 1 N–H and O–H groups in total. The van der Waals surface area contributed by atoms with E-state index < -0.39 is 0 Å². The standard InChI is InChI=1S/C12H10IN3OS/c1-7-4-9(15-17-7)6-16-11-3-2-8(13)5-10(11)14-12(16)18/h2-5H,6H2,1H3,(H,14,18). The zero-order valence-corrected chi connectivity index (χ0v) is 12.6. The van der Waals surface area contributed by atoms with Crippen molar-refractivity contribution in [1.29, 1.82) is 0 Å². The third-order valence-electron chi connectivity index (χ3n) is 2.73. The monoisotopic (exact) mass is 371 g/mol. The van der Waals surface area contributed by atoms with Crippen molar-refractivity contribution in [3.8, 4) is 0 Å². The van der Waals surface area contributed by atoms with Crippen LogP contribution < -0.4 is 0 Å². The van der Waals surface area contributed by atoms with Crippen molar-refractivity contribution in [3.05, 3.63) is 44.1 Å². The number of hydrogen-bond donors (Lipinski definition) is 1. The molecule has 1 aromatic carbocycles. The lowest BCUT2D eigenvalue weighted by molar-refractivity contribution is 0.389. The van der Waals surface area contributed by atoms with Gasteiger partial charge in [-0.05, 0) is 59.9 Å². The minimum atomic E-state index is 0.622. The van der Waals surface area contributed by atoms with Gasteiger partial charge >= 0.3 is 0 Å². The lowest BCUT2D eigenvalue weighted by Gasteiger charge is -2.00. The van der Waals surface area contributed by atoms with E-state index in [1.807, 2.05) is 17.6 Å². The molecule has 4 nitrogen and oxygen atoms in total. The number of H-pyrrole nitrogens is 1. The Balaban J connectivity index is 2.11. The molecule has 0 amide bonds. The number of rotatable bonds is 2. The van der Waals surface area contributed by atoms with E-state index >= 15 is 0 Å². The van der Waals surface area contributed by atoms with Crippen LogP contribution in [0.25, 0.3) is 11.0 Å². The number of nitrogens with zero attached hydrogens (tertiary/aromatic N) is 2. The van der Waals surface area contributed by atoms with Crippen LogP contribution in [0.4, 0.5) is 0 Å². The van der Waals surface area contributed by atoms with Crippen LogP contribution in [-0.4, -0.2) is 14.7 Å². The van der Waals surface area contributed by atoms with E-state index in [0.717, 1.165) is 22.5 Å². The first-order valence-electron chi connectivity index (χ1n) is 5.44. The van der Waals surface area contributed by atoms with E-state index in [9.17, 15) is 0 Å². The number of hydrogen-bond acceptors (Lipinski definition) is 3. The first kappa shape index (κ1) is 11.9. The van der Waals surface area contributed by atoms with E-state index in [-0.39, 0.29) is 0 Å². The van der Waals surface area contributed by atoms with Crippen molar-refractivity contribution >= 4 is 45.8 Å². The molecule has 0 fully saturated rings. The average molecular weight is 371 g/mol. The summed E-state index contributed by atoms with van der Waals surface area (Å²) in [6.45, 7) is 2.50. The van der Waals surface area contributed by atoms with Crippen molar-refractivity contribution in [2.45, 2.75) is 13.5 Å². The van der Waals surface area contributed by atoms with Crippen molar-refractivity contribution in [2.24, 2.45) is 0 Å². The van der Waals surface area contributed by atoms with E-state index in [2.05, 4.69) is 50.9 Å².